The highest BCUT2D eigenvalue weighted by molar-refractivity contribution is 5.70. The van der Waals surface area contributed by atoms with E-state index >= 15 is 0 Å². The Morgan fingerprint density at radius 2 is 1.64 bits per heavy atom. The predicted octanol–water partition coefficient (Wildman–Crippen LogP) is 4.06. The number of benzene rings is 2. The molecule has 5 nitrogen and oxygen atoms in total. The van der Waals surface area contributed by atoms with Crippen molar-refractivity contribution in [3.05, 3.63) is 60.2 Å². The Hall–Kier alpha value is -2.53. The highest BCUT2D eigenvalue weighted by Crippen LogP contribution is 2.20. The molecular weight excluding hydrogens is 354 g/mol. The largest absolute Gasteiger partial charge is 0.497 e. The van der Waals surface area contributed by atoms with E-state index in [9.17, 15) is 4.79 Å². The molecule has 1 heterocycles. The van der Waals surface area contributed by atoms with Crippen LogP contribution in [0.2, 0.25) is 0 Å². The lowest BCUT2D eigenvalue weighted by Crippen LogP contribution is -2.44. The van der Waals surface area contributed by atoms with Gasteiger partial charge >= 0.3 is 5.97 Å². The number of hydrogen-bond donors (Lipinski definition) is 0. The Morgan fingerprint density at radius 1 is 0.964 bits per heavy atom. The fraction of sp³-hybridized carbons (Fsp3) is 0.435. The van der Waals surface area contributed by atoms with E-state index in [1.54, 1.807) is 7.11 Å². The quantitative estimate of drug-likeness (QED) is 0.611. The predicted molar refractivity (Wildman–Crippen MR) is 109 cm³/mol. The summed E-state index contributed by atoms with van der Waals surface area (Å²) in [6.07, 6.45) is 3.92. The molecule has 1 saturated heterocycles. The summed E-state index contributed by atoms with van der Waals surface area (Å²) in [6, 6.07) is 17.3. The van der Waals surface area contributed by atoms with E-state index in [4.69, 9.17) is 14.2 Å². The molecular formula is C23H29NO4. The van der Waals surface area contributed by atoms with Gasteiger partial charge in [0.1, 0.15) is 24.7 Å². The second-order valence-electron chi connectivity index (χ2n) is 7.09. The molecule has 0 spiro atoms. The molecule has 0 bridgehead atoms. The van der Waals surface area contributed by atoms with Crippen LogP contribution in [-0.4, -0.2) is 43.7 Å². The molecule has 1 aliphatic heterocycles. The molecule has 0 amide bonds. The fourth-order valence-corrected chi connectivity index (χ4v) is 3.43. The zero-order valence-electron chi connectivity index (χ0n) is 16.5. The number of hydrogen-bond acceptors (Lipinski definition) is 5. The first-order chi connectivity index (χ1) is 13.7. The van der Waals surface area contributed by atoms with Crippen molar-refractivity contribution >= 4 is 5.97 Å². The maximum absolute atomic E-state index is 12.4. The summed E-state index contributed by atoms with van der Waals surface area (Å²) < 4.78 is 16.7. The van der Waals surface area contributed by atoms with Crippen LogP contribution in [0.15, 0.2) is 54.6 Å². The second kappa shape index (κ2) is 10.7. The molecule has 150 valence electrons. The number of piperidine rings is 1. The number of carbonyl (C=O) groups excluding carboxylic acids is 1. The van der Waals surface area contributed by atoms with Crippen molar-refractivity contribution < 1.29 is 19.0 Å². The van der Waals surface area contributed by atoms with Crippen molar-refractivity contribution in [2.45, 2.75) is 38.3 Å². The third kappa shape index (κ3) is 6.27. The van der Waals surface area contributed by atoms with Gasteiger partial charge in [-0.2, -0.15) is 0 Å². The van der Waals surface area contributed by atoms with Crippen molar-refractivity contribution in [1.29, 1.82) is 0 Å². The van der Waals surface area contributed by atoms with Gasteiger partial charge in [0.2, 0.25) is 0 Å². The maximum Gasteiger partial charge on any atom is 0.307 e. The molecule has 28 heavy (non-hydrogen) atoms. The van der Waals surface area contributed by atoms with E-state index in [0.717, 1.165) is 43.0 Å². The van der Waals surface area contributed by atoms with Crippen LogP contribution in [0.3, 0.4) is 0 Å². The molecule has 3 rings (SSSR count). The van der Waals surface area contributed by atoms with Crippen LogP contribution in [0.25, 0.3) is 0 Å². The first kappa shape index (κ1) is 20.2. The Balaban J connectivity index is 1.55. The van der Waals surface area contributed by atoms with Crippen LogP contribution >= 0.6 is 0 Å². The van der Waals surface area contributed by atoms with Gasteiger partial charge in [-0.25, -0.2) is 0 Å². The minimum Gasteiger partial charge on any atom is -0.497 e. The average molecular weight is 383 g/mol. The SMILES string of the molecule is COc1ccc(OCC(CC(=O)OCc2ccccc2)N2CCCCC2)cc1. The molecule has 0 radical (unpaired) electrons. The average Bonchev–Trinajstić information content (AvgIpc) is 2.77. The monoisotopic (exact) mass is 383 g/mol. The summed E-state index contributed by atoms with van der Waals surface area (Å²) in [7, 11) is 1.64. The standard InChI is InChI=1S/C23H29NO4/c1-26-21-10-12-22(13-11-21)27-18-20(24-14-6-3-7-15-24)16-23(25)28-17-19-8-4-2-5-9-19/h2,4-5,8-13,20H,3,6-7,14-18H2,1H3. The van der Waals surface area contributed by atoms with Gasteiger partial charge in [0.05, 0.1) is 19.6 Å². The summed E-state index contributed by atoms with van der Waals surface area (Å²) in [5, 5.41) is 0. The molecule has 0 N–H and O–H groups in total. The van der Waals surface area contributed by atoms with Crippen molar-refractivity contribution in [2.75, 3.05) is 26.8 Å². The highest BCUT2D eigenvalue weighted by Gasteiger charge is 2.24. The Kier molecular flexibility index (Phi) is 7.73. The summed E-state index contributed by atoms with van der Waals surface area (Å²) in [5.74, 6) is 1.39. The number of methoxy groups -OCH3 is 1. The van der Waals surface area contributed by atoms with E-state index in [2.05, 4.69) is 4.90 Å². The van der Waals surface area contributed by atoms with Crippen LogP contribution in [0.1, 0.15) is 31.2 Å². The zero-order chi connectivity index (χ0) is 19.6. The first-order valence-corrected chi connectivity index (χ1v) is 9.95. The second-order valence-corrected chi connectivity index (χ2v) is 7.09. The third-order valence-electron chi connectivity index (χ3n) is 5.05. The van der Waals surface area contributed by atoms with Crippen LogP contribution in [0.5, 0.6) is 11.5 Å². The van der Waals surface area contributed by atoms with Crippen molar-refractivity contribution in [3.63, 3.8) is 0 Å². The minimum atomic E-state index is -0.183. The van der Waals surface area contributed by atoms with Crippen molar-refractivity contribution in [2.24, 2.45) is 0 Å². The minimum absolute atomic E-state index is 0.0191. The summed E-state index contributed by atoms with van der Waals surface area (Å²) in [5.41, 5.74) is 1.000. The molecule has 1 fully saturated rings. The van der Waals surface area contributed by atoms with Crippen molar-refractivity contribution in [1.82, 2.24) is 4.90 Å². The molecule has 1 aliphatic rings. The van der Waals surface area contributed by atoms with Crippen LogP contribution in [0.4, 0.5) is 0 Å². The van der Waals surface area contributed by atoms with E-state index in [1.807, 2.05) is 54.6 Å². The van der Waals surface area contributed by atoms with E-state index in [-0.39, 0.29) is 12.0 Å². The summed E-state index contributed by atoms with van der Waals surface area (Å²) in [4.78, 5) is 14.8. The third-order valence-corrected chi connectivity index (χ3v) is 5.05. The number of rotatable bonds is 9. The molecule has 0 aromatic heterocycles. The number of likely N-dealkylation sites (tertiary alicyclic amines) is 1. The van der Waals surface area contributed by atoms with Gasteiger partial charge in [-0.1, -0.05) is 36.8 Å². The number of nitrogens with zero attached hydrogens (tertiary/aromatic N) is 1. The van der Waals surface area contributed by atoms with Crippen LogP contribution < -0.4 is 9.47 Å². The van der Waals surface area contributed by atoms with Gasteiger partial charge in [-0.05, 0) is 55.8 Å². The molecule has 2 aromatic rings. The lowest BCUT2D eigenvalue weighted by Gasteiger charge is -2.33. The Bertz CT molecular complexity index is 711. The lowest BCUT2D eigenvalue weighted by atomic mass is 10.1. The van der Waals surface area contributed by atoms with E-state index in [1.165, 1.54) is 6.42 Å². The van der Waals surface area contributed by atoms with Gasteiger partial charge in [0.15, 0.2) is 0 Å². The zero-order valence-corrected chi connectivity index (χ0v) is 16.5. The normalized spacial score (nSPS) is 15.6. The van der Waals surface area contributed by atoms with Gasteiger partial charge < -0.3 is 14.2 Å². The summed E-state index contributed by atoms with van der Waals surface area (Å²) >= 11 is 0. The van der Waals surface area contributed by atoms with Gasteiger partial charge in [-0.15, -0.1) is 0 Å². The molecule has 5 heteroatoms. The Morgan fingerprint density at radius 3 is 2.32 bits per heavy atom. The highest BCUT2D eigenvalue weighted by atomic mass is 16.5. The van der Waals surface area contributed by atoms with Gasteiger partial charge in [0.25, 0.3) is 0 Å². The Labute approximate surface area is 167 Å². The molecule has 0 aliphatic carbocycles. The van der Waals surface area contributed by atoms with Crippen LogP contribution in [0, 0.1) is 0 Å². The van der Waals surface area contributed by atoms with Gasteiger partial charge in [0, 0.05) is 0 Å². The number of esters is 1. The molecule has 1 unspecified atom stereocenters. The fourth-order valence-electron chi connectivity index (χ4n) is 3.43. The first-order valence-electron chi connectivity index (χ1n) is 9.95. The van der Waals surface area contributed by atoms with Gasteiger partial charge in [-0.3, -0.25) is 9.69 Å². The maximum atomic E-state index is 12.4. The smallest absolute Gasteiger partial charge is 0.307 e. The molecule has 1 atom stereocenters. The van der Waals surface area contributed by atoms with Crippen molar-refractivity contribution in [3.8, 4) is 11.5 Å². The van der Waals surface area contributed by atoms with E-state index in [0.29, 0.717) is 19.6 Å². The molecule has 2 aromatic carbocycles. The van der Waals surface area contributed by atoms with Crippen LogP contribution in [-0.2, 0) is 16.1 Å². The van der Waals surface area contributed by atoms with E-state index < -0.39 is 0 Å². The number of ether oxygens (including phenoxy) is 3. The topological polar surface area (TPSA) is 48.0 Å². The number of carbonyl (C=O) groups is 1. The lowest BCUT2D eigenvalue weighted by molar-refractivity contribution is -0.146. The summed E-state index contributed by atoms with van der Waals surface area (Å²) in [6.45, 7) is 2.78. The molecule has 0 saturated carbocycles.